The fourth-order valence-electron chi connectivity index (χ4n) is 0.332. The van der Waals surface area contributed by atoms with Crippen LogP contribution in [0.1, 0.15) is 6.92 Å². The van der Waals surface area contributed by atoms with E-state index in [1.807, 2.05) is 0 Å². The van der Waals surface area contributed by atoms with Crippen LogP contribution in [0.5, 0.6) is 0 Å². The minimum atomic E-state index is -0.477. The smallest absolute Gasteiger partial charge is 0.0685 e. The van der Waals surface area contributed by atoms with Gasteiger partial charge in [0.2, 0.25) is 0 Å². The third-order valence-corrected chi connectivity index (χ3v) is 0.979. The molecular formula is C5H13NO2. The largest absolute Gasteiger partial charge is 0.392 e. The van der Waals surface area contributed by atoms with Crippen molar-refractivity contribution in [2.75, 3.05) is 13.7 Å². The molecule has 3 nitrogen and oxygen atoms in total. The summed E-state index contributed by atoms with van der Waals surface area (Å²) < 4.78 is 4.68. The Bertz CT molecular complexity index is 56.4. The van der Waals surface area contributed by atoms with Gasteiger partial charge in [0.1, 0.15) is 0 Å². The fourth-order valence-corrected chi connectivity index (χ4v) is 0.332. The molecular weight excluding hydrogens is 106 g/mol. The summed E-state index contributed by atoms with van der Waals surface area (Å²) in [5, 5.41) is 8.75. The summed E-state index contributed by atoms with van der Waals surface area (Å²) in [7, 11) is 1.56. The zero-order valence-electron chi connectivity index (χ0n) is 5.29. The van der Waals surface area contributed by atoms with E-state index in [1.54, 1.807) is 14.0 Å². The Hall–Kier alpha value is -0.120. The topological polar surface area (TPSA) is 55.5 Å². The Labute approximate surface area is 49.4 Å². The number of hydrogen-bond acceptors (Lipinski definition) is 3. The lowest BCUT2D eigenvalue weighted by Gasteiger charge is -2.11. The second-order valence-corrected chi connectivity index (χ2v) is 1.86. The molecule has 0 aromatic heterocycles. The molecule has 3 heteroatoms. The highest BCUT2D eigenvalue weighted by molar-refractivity contribution is 4.64. The quantitative estimate of drug-likeness (QED) is 0.518. The van der Waals surface area contributed by atoms with Gasteiger partial charge in [-0.15, -0.1) is 0 Å². The van der Waals surface area contributed by atoms with Crippen LogP contribution in [0.25, 0.3) is 0 Å². The number of hydrogen-bond donors (Lipinski definition) is 2. The third-order valence-electron chi connectivity index (χ3n) is 0.979. The molecule has 0 aliphatic rings. The molecule has 0 amide bonds. The van der Waals surface area contributed by atoms with E-state index in [9.17, 15) is 0 Å². The first kappa shape index (κ1) is 7.88. The van der Waals surface area contributed by atoms with E-state index < -0.39 is 6.10 Å². The first-order valence-corrected chi connectivity index (χ1v) is 2.61. The molecule has 0 saturated carbocycles. The first-order valence-electron chi connectivity index (χ1n) is 2.61. The van der Waals surface area contributed by atoms with Crippen molar-refractivity contribution in [3.05, 3.63) is 0 Å². The molecule has 0 aromatic carbocycles. The van der Waals surface area contributed by atoms with Crippen LogP contribution >= 0.6 is 0 Å². The molecule has 0 aliphatic heterocycles. The van der Waals surface area contributed by atoms with Gasteiger partial charge in [-0.3, -0.25) is 0 Å². The number of aliphatic hydroxyl groups is 1. The summed E-state index contributed by atoms with van der Waals surface area (Å²) in [6.07, 6.45) is -0.477. The molecule has 50 valence electrons. The molecule has 8 heavy (non-hydrogen) atoms. The Morgan fingerprint density at radius 2 is 2.25 bits per heavy atom. The zero-order chi connectivity index (χ0) is 6.57. The first-order chi connectivity index (χ1) is 3.68. The Kier molecular flexibility index (Phi) is 3.77. The lowest BCUT2D eigenvalue weighted by atomic mass is 10.2. The predicted molar refractivity (Wildman–Crippen MR) is 31.5 cm³/mol. The minimum Gasteiger partial charge on any atom is -0.392 e. The van der Waals surface area contributed by atoms with E-state index >= 15 is 0 Å². The molecule has 2 unspecified atom stereocenters. The van der Waals surface area contributed by atoms with Crippen LogP contribution in [-0.2, 0) is 4.74 Å². The van der Waals surface area contributed by atoms with Crippen molar-refractivity contribution in [3.63, 3.8) is 0 Å². The van der Waals surface area contributed by atoms with Gasteiger partial charge in [0.05, 0.1) is 18.8 Å². The Morgan fingerprint density at radius 3 is 2.38 bits per heavy atom. The molecule has 0 spiro atoms. The average Bonchev–Trinajstić information content (AvgIpc) is 1.67. The van der Waals surface area contributed by atoms with Crippen molar-refractivity contribution in [1.82, 2.24) is 0 Å². The highest BCUT2D eigenvalue weighted by Crippen LogP contribution is 1.86. The van der Waals surface area contributed by atoms with Crippen molar-refractivity contribution in [2.45, 2.75) is 19.1 Å². The van der Waals surface area contributed by atoms with Gasteiger partial charge >= 0.3 is 0 Å². The Balaban J connectivity index is 3.17. The lowest BCUT2D eigenvalue weighted by Crippen LogP contribution is -2.36. The van der Waals surface area contributed by atoms with Crippen LogP contribution in [-0.4, -0.2) is 31.0 Å². The van der Waals surface area contributed by atoms with Crippen LogP contribution in [0.3, 0.4) is 0 Å². The summed E-state index contributed by atoms with van der Waals surface area (Å²) in [5.41, 5.74) is 5.35. The van der Waals surface area contributed by atoms with E-state index in [0.29, 0.717) is 6.61 Å². The third kappa shape index (κ3) is 2.96. The van der Waals surface area contributed by atoms with Crippen molar-refractivity contribution < 1.29 is 9.84 Å². The highest BCUT2D eigenvalue weighted by Gasteiger charge is 2.06. The molecule has 0 aromatic rings. The minimum absolute atomic E-state index is 0.250. The van der Waals surface area contributed by atoms with Gasteiger partial charge in [-0.05, 0) is 6.92 Å². The van der Waals surface area contributed by atoms with Gasteiger partial charge < -0.3 is 15.6 Å². The number of rotatable bonds is 3. The number of methoxy groups -OCH3 is 1. The SMILES string of the molecule is COCC(N)C(C)O. The van der Waals surface area contributed by atoms with Crippen molar-refractivity contribution in [2.24, 2.45) is 5.73 Å². The predicted octanol–water partition coefficient (Wildman–Crippen LogP) is -0.659. The van der Waals surface area contributed by atoms with Crippen LogP contribution in [0, 0.1) is 0 Å². The van der Waals surface area contributed by atoms with Crippen LogP contribution in [0.4, 0.5) is 0 Å². The molecule has 0 saturated heterocycles. The molecule has 0 fully saturated rings. The second-order valence-electron chi connectivity index (χ2n) is 1.86. The highest BCUT2D eigenvalue weighted by atomic mass is 16.5. The zero-order valence-corrected chi connectivity index (χ0v) is 5.29. The number of ether oxygens (including phenoxy) is 1. The summed E-state index contributed by atoms with van der Waals surface area (Å²) in [6, 6.07) is -0.250. The van der Waals surface area contributed by atoms with Crippen LogP contribution < -0.4 is 5.73 Å². The number of aliphatic hydroxyl groups excluding tert-OH is 1. The van der Waals surface area contributed by atoms with Crippen molar-refractivity contribution in [3.8, 4) is 0 Å². The average molecular weight is 119 g/mol. The van der Waals surface area contributed by atoms with Gasteiger partial charge in [-0.2, -0.15) is 0 Å². The van der Waals surface area contributed by atoms with E-state index in [2.05, 4.69) is 4.74 Å². The number of nitrogens with two attached hydrogens (primary N) is 1. The van der Waals surface area contributed by atoms with Crippen molar-refractivity contribution in [1.29, 1.82) is 0 Å². The van der Waals surface area contributed by atoms with E-state index in [-0.39, 0.29) is 6.04 Å². The monoisotopic (exact) mass is 119 g/mol. The summed E-state index contributed by atoms with van der Waals surface area (Å²) in [4.78, 5) is 0. The second kappa shape index (κ2) is 3.83. The summed E-state index contributed by atoms with van der Waals surface area (Å²) in [6.45, 7) is 2.06. The summed E-state index contributed by atoms with van der Waals surface area (Å²) in [5.74, 6) is 0. The molecule has 0 bridgehead atoms. The maximum absolute atomic E-state index is 8.75. The summed E-state index contributed by atoms with van der Waals surface area (Å²) >= 11 is 0. The van der Waals surface area contributed by atoms with E-state index in [4.69, 9.17) is 10.8 Å². The van der Waals surface area contributed by atoms with Gasteiger partial charge in [0.15, 0.2) is 0 Å². The van der Waals surface area contributed by atoms with Crippen LogP contribution in [0.2, 0.25) is 0 Å². The van der Waals surface area contributed by atoms with E-state index in [0.717, 1.165) is 0 Å². The van der Waals surface area contributed by atoms with Crippen molar-refractivity contribution >= 4 is 0 Å². The van der Waals surface area contributed by atoms with E-state index in [1.165, 1.54) is 0 Å². The molecule has 2 atom stereocenters. The standard InChI is InChI=1S/C5H13NO2/c1-4(7)5(6)3-8-2/h4-5,7H,3,6H2,1-2H3. The molecule has 0 aliphatic carbocycles. The van der Waals surface area contributed by atoms with Gasteiger partial charge in [-0.25, -0.2) is 0 Å². The molecule has 3 N–H and O–H groups in total. The maximum atomic E-state index is 8.75. The van der Waals surface area contributed by atoms with Gasteiger partial charge in [-0.1, -0.05) is 0 Å². The van der Waals surface area contributed by atoms with Crippen LogP contribution in [0.15, 0.2) is 0 Å². The van der Waals surface area contributed by atoms with Gasteiger partial charge in [0.25, 0.3) is 0 Å². The Morgan fingerprint density at radius 1 is 1.75 bits per heavy atom. The molecule has 0 radical (unpaired) electrons. The lowest BCUT2D eigenvalue weighted by molar-refractivity contribution is 0.0984. The molecule has 0 heterocycles. The fraction of sp³-hybridized carbons (Fsp3) is 1.00. The molecule has 0 rings (SSSR count). The maximum Gasteiger partial charge on any atom is 0.0685 e. The normalized spacial score (nSPS) is 18.0. The van der Waals surface area contributed by atoms with Gasteiger partial charge in [0, 0.05) is 7.11 Å².